The van der Waals surface area contributed by atoms with E-state index in [1.54, 1.807) is 13.0 Å². The van der Waals surface area contributed by atoms with E-state index in [1.165, 1.54) is 12.1 Å². The average molecular weight is 210 g/mol. The van der Waals surface area contributed by atoms with Gasteiger partial charge in [0.25, 0.3) is 0 Å². The van der Waals surface area contributed by atoms with Crippen LogP contribution < -0.4 is 4.74 Å². The van der Waals surface area contributed by atoms with Gasteiger partial charge in [-0.2, -0.15) is 0 Å². The van der Waals surface area contributed by atoms with Crippen molar-refractivity contribution in [2.24, 2.45) is 0 Å². The van der Waals surface area contributed by atoms with Crippen LogP contribution in [-0.4, -0.2) is 24.3 Å². The summed E-state index contributed by atoms with van der Waals surface area (Å²) in [5.74, 6) is -0.0490. The molecule has 1 N–H and O–H groups in total. The zero-order valence-corrected chi connectivity index (χ0v) is 8.82. The van der Waals surface area contributed by atoms with E-state index >= 15 is 0 Å². The Balaban J connectivity index is 3.00. The summed E-state index contributed by atoms with van der Waals surface area (Å²) < 4.78 is 10.1. The number of carbonyl (C=O) groups is 1. The Kier molecular flexibility index (Phi) is 3.97. The van der Waals surface area contributed by atoms with Crippen LogP contribution in [0.1, 0.15) is 24.2 Å². The van der Waals surface area contributed by atoms with Crippen LogP contribution >= 0.6 is 0 Å². The molecule has 0 aromatic heterocycles. The maximum Gasteiger partial charge on any atom is 0.342 e. The van der Waals surface area contributed by atoms with Crippen molar-refractivity contribution < 1.29 is 19.4 Å². The predicted molar refractivity (Wildman–Crippen MR) is 55.2 cm³/mol. The Labute approximate surface area is 88.4 Å². The van der Waals surface area contributed by atoms with Crippen molar-refractivity contribution >= 4 is 5.97 Å². The Hall–Kier alpha value is -1.71. The smallest absolute Gasteiger partial charge is 0.342 e. The van der Waals surface area contributed by atoms with Gasteiger partial charge in [0.1, 0.15) is 17.1 Å². The number of rotatable bonds is 4. The Morgan fingerprint density at radius 2 is 2.07 bits per heavy atom. The molecule has 0 unspecified atom stereocenters. The fraction of sp³-hybridized carbons (Fsp3) is 0.364. The van der Waals surface area contributed by atoms with Gasteiger partial charge in [0, 0.05) is 0 Å². The van der Waals surface area contributed by atoms with E-state index < -0.39 is 5.97 Å². The molecule has 4 heteroatoms. The summed E-state index contributed by atoms with van der Waals surface area (Å²) in [5.41, 5.74) is 0.249. The van der Waals surface area contributed by atoms with E-state index in [9.17, 15) is 9.90 Å². The lowest BCUT2D eigenvalue weighted by atomic mass is 10.2. The van der Waals surface area contributed by atoms with Gasteiger partial charge in [-0.25, -0.2) is 4.79 Å². The van der Waals surface area contributed by atoms with E-state index in [4.69, 9.17) is 9.47 Å². The molecule has 0 saturated heterocycles. The molecule has 0 bridgehead atoms. The molecule has 0 aliphatic carbocycles. The van der Waals surface area contributed by atoms with Crippen LogP contribution in [0, 0.1) is 0 Å². The molecule has 1 aromatic rings. The first-order chi connectivity index (χ1) is 7.19. The van der Waals surface area contributed by atoms with Crippen LogP contribution in [0.25, 0.3) is 0 Å². The quantitative estimate of drug-likeness (QED) is 0.772. The van der Waals surface area contributed by atoms with Crippen molar-refractivity contribution in [3.63, 3.8) is 0 Å². The van der Waals surface area contributed by atoms with Crippen molar-refractivity contribution in [1.82, 2.24) is 0 Å². The third kappa shape index (κ3) is 2.87. The van der Waals surface area contributed by atoms with Gasteiger partial charge in [0.05, 0.1) is 13.2 Å². The standard InChI is InChI=1S/C11H14O4/c1-3-14-10-6-5-8(12)7-9(10)11(13)15-4-2/h5-7,12H,3-4H2,1-2H3. The highest BCUT2D eigenvalue weighted by molar-refractivity contribution is 5.93. The molecule has 15 heavy (non-hydrogen) atoms. The lowest BCUT2D eigenvalue weighted by Gasteiger charge is -2.09. The molecule has 0 heterocycles. The number of esters is 1. The molecule has 4 nitrogen and oxygen atoms in total. The minimum Gasteiger partial charge on any atom is -0.508 e. The Morgan fingerprint density at radius 3 is 2.67 bits per heavy atom. The minimum absolute atomic E-state index is 0.0153. The van der Waals surface area contributed by atoms with Gasteiger partial charge in [-0.05, 0) is 32.0 Å². The normalized spacial score (nSPS) is 9.73. The van der Waals surface area contributed by atoms with Crippen molar-refractivity contribution in [3.8, 4) is 11.5 Å². The molecule has 0 aliphatic heterocycles. The van der Waals surface area contributed by atoms with Gasteiger partial charge in [-0.1, -0.05) is 0 Å². The van der Waals surface area contributed by atoms with Crippen LogP contribution in [0.2, 0.25) is 0 Å². The third-order valence-corrected chi connectivity index (χ3v) is 1.76. The Morgan fingerprint density at radius 1 is 1.33 bits per heavy atom. The zero-order chi connectivity index (χ0) is 11.3. The number of benzene rings is 1. The summed E-state index contributed by atoms with van der Waals surface area (Å²) in [6, 6.07) is 4.35. The molecule has 0 fully saturated rings. The second-order valence-corrected chi connectivity index (χ2v) is 2.83. The van der Waals surface area contributed by atoms with E-state index in [2.05, 4.69) is 0 Å². The van der Waals surface area contributed by atoms with Crippen molar-refractivity contribution in [1.29, 1.82) is 0 Å². The van der Waals surface area contributed by atoms with Crippen LogP contribution in [0.4, 0.5) is 0 Å². The molecule has 1 aromatic carbocycles. The fourth-order valence-corrected chi connectivity index (χ4v) is 1.17. The van der Waals surface area contributed by atoms with Gasteiger partial charge in [0.2, 0.25) is 0 Å². The number of aromatic hydroxyl groups is 1. The largest absolute Gasteiger partial charge is 0.508 e. The predicted octanol–water partition coefficient (Wildman–Crippen LogP) is 1.97. The molecule has 0 spiro atoms. The number of phenolic OH excluding ortho intramolecular Hbond substituents is 1. The Bertz CT molecular complexity index is 346. The monoisotopic (exact) mass is 210 g/mol. The zero-order valence-electron chi connectivity index (χ0n) is 8.82. The lowest BCUT2D eigenvalue weighted by Crippen LogP contribution is -2.07. The van der Waals surface area contributed by atoms with Gasteiger partial charge >= 0.3 is 5.97 Å². The number of hydrogen-bond acceptors (Lipinski definition) is 4. The highest BCUT2D eigenvalue weighted by Crippen LogP contribution is 2.24. The average Bonchev–Trinajstić information content (AvgIpc) is 2.21. The van der Waals surface area contributed by atoms with Crippen LogP contribution in [-0.2, 0) is 4.74 Å². The molecule has 0 saturated carbocycles. The van der Waals surface area contributed by atoms with Crippen molar-refractivity contribution in [3.05, 3.63) is 23.8 Å². The number of phenols is 1. The first-order valence-electron chi connectivity index (χ1n) is 4.82. The minimum atomic E-state index is -0.489. The molecular weight excluding hydrogens is 196 g/mol. The molecule has 0 atom stereocenters. The molecular formula is C11H14O4. The summed E-state index contributed by atoms with van der Waals surface area (Å²) in [6.45, 7) is 4.29. The van der Waals surface area contributed by atoms with Crippen molar-refractivity contribution in [2.75, 3.05) is 13.2 Å². The first-order valence-corrected chi connectivity index (χ1v) is 4.82. The molecule has 82 valence electrons. The van der Waals surface area contributed by atoms with E-state index in [0.29, 0.717) is 19.0 Å². The molecule has 0 aliphatic rings. The second kappa shape index (κ2) is 5.24. The maximum absolute atomic E-state index is 11.5. The van der Waals surface area contributed by atoms with Gasteiger partial charge in [-0.15, -0.1) is 0 Å². The maximum atomic E-state index is 11.5. The second-order valence-electron chi connectivity index (χ2n) is 2.83. The summed E-state index contributed by atoms with van der Waals surface area (Å²) in [7, 11) is 0. The van der Waals surface area contributed by atoms with E-state index in [-0.39, 0.29) is 11.3 Å². The summed E-state index contributed by atoms with van der Waals surface area (Å²) in [6.07, 6.45) is 0. The summed E-state index contributed by atoms with van der Waals surface area (Å²) >= 11 is 0. The molecule has 0 amide bonds. The van der Waals surface area contributed by atoms with Crippen LogP contribution in [0.3, 0.4) is 0 Å². The van der Waals surface area contributed by atoms with Crippen LogP contribution in [0.5, 0.6) is 11.5 Å². The van der Waals surface area contributed by atoms with Crippen LogP contribution in [0.15, 0.2) is 18.2 Å². The fourth-order valence-electron chi connectivity index (χ4n) is 1.17. The summed E-state index contributed by atoms with van der Waals surface area (Å²) in [4.78, 5) is 11.5. The number of carbonyl (C=O) groups excluding carboxylic acids is 1. The highest BCUT2D eigenvalue weighted by Gasteiger charge is 2.14. The van der Waals surface area contributed by atoms with Gasteiger partial charge in [-0.3, -0.25) is 0 Å². The SMILES string of the molecule is CCOC(=O)c1cc(O)ccc1OCC. The summed E-state index contributed by atoms with van der Waals surface area (Å²) in [5, 5.41) is 9.26. The molecule has 1 rings (SSSR count). The van der Waals surface area contributed by atoms with Crippen molar-refractivity contribution in [2.45, 2.75) is 13.8 Å². The number of hydrogen-bond donors (Lipinski definition) is 1. The van der Waals surface area contributed by atoms with Gasteiger partial charge < -0.3 is 14.6 Å². The first kappa shape index (κ1) is 11.4. The third-order valence-electron chi connectivity index (χ3n) is 1.76. The van der Waals surface area contributed by atoms with E-state index in [1.807, 2.05) is 6.92 Å². The highest BCUT2D eigenvalue weighted by atomic mass is 16.5. The topological polar surface area (TPSA) is 55.8 Å². The molecule has 0 radical (unpaired) electrons. The lowest BCUT2D eigenvalue weighted by molar-refractivity contribution is 0.0521. The van der Waals surface area contributed by atoms with E-state index in [0.717, 1.165) is 0 Å². The van der Waals surface area contributed by atoms with Gasteiger partial charge in [0.15, 0.2) is 0 Å². The number of ether oxygens (including phenoxy) is 2.